The number of rotatable bonds is 4. The lowest BCUT2D eigenvalue weighted by molar-refractivity contribution is 0.314. The van der Waals surface area contributed by atoms with Crippen molar-refractivity contribution >= 4 is 34.3 Å². The molecule has 3 N–H and O–H groups in total. The highest BCUT2D eigenvalue weighted by Gasteiger charge is 2.16. The van der Waals surface area contributed by atoms with E-state index in [2.05, 4.69) is 35.5 Å². The van der Waals surface area contributed by atoms with E-state index in [1.807, 2.05) is 0 Å². The van der Waals surface area contributed by atoms with Gasteiger partial charge in [0.2, 0.25) is 11.3 Å². The first-order chi connectivity index (χ1) is 12.6. The second-order valence-corrected chi connectivity index (χ2v) is 5.23. The third-order valence-corrected chi connectivity index (χ3v) is 3.44. The van der Waals surface area contributed by atoms with Gasteiger partial charge in [0.1, 0.15) is 17.4 Å². The summed E-state index contributed by atoms with van der Waals surface area (Å²) in [4.78, 5) is 8.32. The molecular formula is C16H10F2N6O2. The molecular weight excluding hydrogens is 346 g/mol. The lowest BCUT2D eigenvalue weighted by atomic mass is 10.3. The Morgan fingerprint density at radius 2 is 1.42 bits per heavy atom. The van der Waals surface area contributed by atoms with Gasteiger partial charge in [0.25, 0.3) is 0 Å². The fourth-order valence-electron chi connectivity index (χ4n) is 2.24. The molecule has 26 heavy (non-hydrogen) atoms. The summed E-state index contributed by atoms with van der Waals surface area (Å²) in [5.41, 5.74) is 0.252. The molecule has 0 bridgehead atoms. The van der Waals surface area contributed by atoms with Crippen molar-refractivity contribution in [3.8, 4) is 5.75 Å². The first-order valence-electron chi connectivity index (χ1n) is 7.37. The van der Waals surface area contributed by atoms with Crippen molar-refractivity contribution in [3.63, 3.8) is 0 Å². The number of phenolic OH excluding ortho intramolecular Hbond substituents is 1. The van der Waals surface area contributed by atoms with Crippen LogP contribution in [0.25, 0.3) is 11.3 Å². The minimum absolute atomic E-state index is 0.0425. The number of fused-ring (bicyclic) bond motifs is 1. The Balaban J connectivity index is 1.79. The van der Waals surface area contributed by atoms with Crippen LogP contribution < -0.4 is 10.6 Å². The maximum absolute atomic E-state index is 14.0. The van der Waals surface area contributed by atoms with Crippen molar-refractivity contribution in [1.82, 2.24) is 20.3 Å². The van der Waals surface area contributed by atoms with Gasteiger partial charge in [-0.1, -0.05) is 12.1 Å². The smallest absolute Gasteiger partial charge is 0.245 e. The standard InChI is InChI=1S/C16H10F2N6O2/c17-9-3-1-2-4-11(9)19-13-14(22-16-15(21-13)23-26-24-16)20-12-7-8(25)5-6-10(12)18/h1-7,25H,(H,19,21,23)(H,20,22,24). The van der Waals surface area contributed by atoms with Crippen molar-refractivity contribution in [1.29, 1.82) is 0 Å². The summed E-state index contributed by atoms with van der Waals surface area (Å²) in [5, 5.41) is 22.2. The van der Waals surface area contributed by atoms with Crippen molar-refractivity contribution < 1.29 is 18.5 Å². The van der Waals surface area contributed by atoms with Crippen molar-refractivity contribution in [2.24, 2.45) is 0 Å². The van der Waals surface area contributed by atoms with E-state index >= 15 is 0 Å². The molecule has 4 aromatic rings. The molecule has 130 valence electrons. The molecule has 8 nitrogen and oxygen atoms in total. The second kappa shape index (κ2) is 6.24. The van der Waals surface area contributed by atoms with Crippen molar-refractivity contribution in [2.45, 2.75) is 0 Å². The molecule has 0 radical (unpaired) electrons. The third-order valence-electron chi connectivity index (χ3n) is 3.44. The maximum atomic E-state index is 14.0. The number of halogens is 2. The van der Waals surface area contributed by atoms with Crippen LogP contribution in [0.3, 0.4) is 0 Å². The van der Waals surface area contributed by atoms with Crippen LogP contribution in [0.4, 0.5) is 31.8 Å². The summed E-state index contributed by atoms with van der Waals surface area (Å²) < 4.78 is 32.5. The Morgan fingerprint density at radius 1 is 0.808 bits per heavy atom. The predicted molar refractivity (Wildman–Crippen MR) is 88.4 cm³/mol. The van der Waals surface area contributed by atoms with Gasteiger partial charge in [-0.2, -0.15) is 0 Å². The molecule has 0 unspecified atom stereocenters. The summed E-state index contributed by atoms with van der Waals surface area (Å²) in [5.74, 6) is -1.17. The molecule has 0 saturated carbocycles. The van der Waals surface area contributed by atoms with Crippen LogP contribution in [0.15, 0.2) is 47.1 Å². The van der Waals surface area contributed by atoms with Gasteiger partial charge in [0.05, 0.1) is 11.4 Å². The highest BCUT2D eigenvalue weighted by atomic mass is 19.1. The summed E-state index contributed by atoms with van der Waals surface area (Å²) >= 11 is 0. The lowest BCUT2D eigenvalue weighted by Crippen LogP contribution is -2.05. The second-order valence-electron chi connectivity index (χ2n) is 5.23. The minimum atomic E-state index is -0.625. The zero-order chi connectivity index (χ0) is 18.1. The Morgan fingerprint density at radius 3 is 2.12 bits per heavy atom. The number of nitrogens with zero attached hydrogens (tertiary/aromatic N) is 4. The van der Waals surface area contributed by atoms with Crippen LogP contribution in [0.2, 0.25) is 0 Å². The number of aromatic hydroxyl groups is 1. The predicted octanol–water partition coefficient (Wildman–Crippen LogP) is 3.48. The van der Waals surface area contributed by atoms with Crippen LogP contribution in [0.1, 0.15) is 0 Å². The minimum Gasteiger partial charge on any atom is -0.508 e. The van der Waals surface area contributed by atoms with Crippen molar-refractivity contribution in [2.75, 3.05) is 10.6 Å². The van der Waals surface area contributed by atoms with Gasteiger partial charge < -0.3 is 15.7 Å². The zero-order valence-electron chi connectivity index (χ0n) is 12.9. The fraction of sp³-hybridized carbons (Fsp3) is 0. The quantitative estimate of drug-likeness (QED) is 0.510. The number of hydrogen-bond donors (Lipinski definition) is 3. The molecule has 0 aliphatic rings. The molecule has 0 saturated heterocycles. The molecule has 0 amide bonds. The Bertz CT molecular complexity index is 1100. The van der Waals surface area contributed by atoms with E-state index < -0.39 is 11.6 Å². The van der Waals surface area contributed by atoms with E-state index in [4.69, 9.17) is 0 Å². The highest BCUT2D eigenvalue weighted by molar-refractivity contribution is 5.79. The van der Waals surface area contributed by atoms with Crippen LogP contribution in [-0.2, 0) is 0 Å². The lowest BCUT2D eigenvalue weighted by Gasteiger charge is -2.12. The topological polar surface area (TPSA) is 109 Å². The van der Waals surface area contributed by atoms with Gasteiger partial charge >= 0.3 is 0 Å². The number of hydrogen-bond acceptors (Lipinski definition) is 8. The van der Waals surface area contributed by atoms with Crippen molar-refractivity contribution in [3.05, 3.63) is 54.1 Å². The molecule has 2 aromatic heterocycles. The zero-order valence-corrected chi connectivity index (χ0v) is 12.9. The van der Waals surface area contributed by atoms with E-state index in [0.29, 0.717) is 0 Å². The molecule has 0 spiro atoms. The van der Waals surface area contributed by atoms with Gasteiger partial charge in [0.15, 0.2) is 11.6 Å². The summed E-state index contributed by atoms with van der Waals surface area (Å²) in [6, 6.07) is 9.42. The average molecular weight is 356 g/mol. The SMILES string of the molecule is Oc1ccc(F)c(Nc2nc3nonc3nc2Nc2ccccc2F)c1. The Hall–Kier alpha value is -3.82. The molecule has 0 aliphatic heterocycles. The van der Waals surface area contributed by atoms with E-state index in [-0.39, 0.29) is 40.1 Å². The van der Waals surface area contributed by atoms with E-state index in [1.54, 1.807) is 6.07 Å². The van der Waals surface area contributed by atoms with Gasteiger partial charge in [-0.25, -0.2) is 23.4 Å². The highest BCUT2D eigenvalue weighted by Crippen LogP contribution is 2.30. The molecule has 4 rings (SSSR count). The number of anilines is 4. The van der Waals surface area contributed by atoms with Crippen LogP contribution in [0.5, 0.6) is 5.75 Å². The van der Waals surface area contributed by atoms with Gasteiger partial charge in [-0.3, -0.25) is 0 Å². The maximum Gasteiger partial charge on any atom is 0.245 e. The first-order valence-corrected chi connectivity index (χ1v) is 7.37. The molecule has 2 heterocycles. The number of nitrogens with one attached hydrogen (secondary N) is 2. The average Bonchev–Trinajstić information content (AvgIpc) is 3.07. The molecule has 0 fully saturated rings. The molecule has 2 aromatic carbocycles. The van der Waals surface area contributed by atoms with Crippen LogP contribution in [-0.4, -0.2) is 25.4 Å². The summed E-state index contributed by atoms with van der Waals surface area (Å²) in [6.07, 6.45) is 0. The molecule has 0 aliphatic carbocycles. The number of phenols is 1. The normalized spacial score (nSPS) is 10.8. The monoisotopic (exact) mass is 356 g/mol. The number of para-hydroxylation sites is 1. The summed E-state index contributed by atoms with van der Waals surface area (Å²) in [7, 11) is 0. The summed E-state index contributed by atoms with van der Waals surface area (Å²) in [6.45, 7) is 0. The number of aromatic nitrogens is 4. The van der Waals surface area contributed by atoms with E-state index in [0.717, 1.165) is 6.07 Å². The van der Waals surface area contributed by atoms with E-state index in [1.165, 1.54) is 30.3 Å². The van der Waals surface area contributed by atoms with Gasteiger partial charge in [-0.15, -0.1) is 0 Å². The fourth-order valence-corrected chi connectivity index (χ4v) is 2.24. The van der Waals surface area contributed by atoms with Gasteiger partial charge in [0, 0.05) is 6.07 Å². The Labute approximate surface area is 144 Å². The van der Waals surface area contributed by atoms with Gasteiger partial charge in [-0.05, 0) is 34.6 Å². The molecule has 10 heteroatoms. The number of benzene rings is 2. The first kappa shape index (κ1) is 15.7. The molecule has 0 atom stereocenters. The van der Waals surface area contributed by atoms with E-state index in [9.17, 15) is 13.9 Å². The Kier molecular flexibility index (Phi) is 3.77. The third kappa shape index (κ3) is 2.95. The van der Waals surface area contributed by atoms with Crippen LogP contribution in [0, 0.1) is 11.6 Å². The largest absolute Gasteiger partial charge is 0.508 e. The van der Waals surface area contributed by atoms with Crippen LogP contribution >= 0.6 is 0 Å².